The zero-order valence-corrected chi connectivity index (χ0v) is 17.0. The van der Waals surface area contributed by atoms with Gasteiger partial charge >= 0.3 is 0 Å². The van der Waals surface area contributed by atoms with Gasteiger partial charge < -0.3 is 15.4 Å². The molecule has 5 rings (SSSR count). The van der Waals surface area contributed by atoms with E-state index in [2.05, 4.69) is 4.98 Å². The highest BCUT2D eigenvalue weighted by molar-refractivity contribution is 6.00. The lowest BCUT2D eigenvalue weighted by Gasteiger charge is -2.27. The van der Waals surface area contributed by atoms with Gasteiger partial charge in [-0.15, -0.1) is 0 Å². The minimum atomic E-state index is -0.780. The van der Waals surface area contributed by atoms with Gasteiger partial charge in [0.25, 0.3) is 5.91 Å². The lowest BCUT2D eigenvalue weighted by atomic mass is 10.0. The van der Waals surface area contributed by atoms with Crippen LogP contribution in [0, 0.1) is 11.6 Å². The molecule has 0 spiro atoms. The van der Waals surface area contributed by atoms with Crippen molar-refractivity contribution in [2.45, 2.75) is 6.42 Å². The van der Waals surface area contributed by atoms with Gasteiger partial charge in [0.15, 0.2) is 0 Å². The van der Waals surface area contributed by atoms with Crippen molar-refractivity contribution >= 4 is 11.8 Å². The molecule has 1 fully saturated rings. The topological polar surface area (TPSA) is 85.5 Å². The zero-order chi connectivity index (χ0) is 22.4. The van der Waals surface area contributed by atoms with E-state index in [0.29, 0.717) is 55.1 Å². The van der Waals surface area contributed by atoms with Crippen LogP contribution in [-0.2, 0) is 11.2 Å². The van der Waals surface area contributed by atoms with Gasteiger partial charge in [-0.2, -0.15) is 0 Å². The average molecular weight is 435 g/mol. The van der Waals surface area contributed by atoms with E-state index in [1.807, 2.05) is 0 Å². The molecule has 1 aliphatic carbocycles. The van der Waals surface area contributed by atoms with Crippen molar-refractivity contribution in [2.75, 3.05) is 26.3 Å². The zero-order valence-electron chi connectivity index (χ0n) is 17.0. The minimum Gasteiger partial charge on any atom is -0.378 e. The largest absolute Gasteiger partial charge is 0.378 e. The monoisotopic (exact) mass is 435 g/mol. The minimum absolute atomic E-state index is 0.00512. The number of pyridine rings is 1. The van der Waals surface area contributed by atoms with E-state index in [9.17, 15) is 18.4 Å². The van der Waals surface area contributed by atoms with Crippen LogP contribution in [0.15, 0.2) is 42.5 Å². The third kappa shape index (κ3) is 3.33. The van der Waals surface area contributed by atoms with Crippen molar-refractivity contribution < 1.29 is 23.1 Å². The van der Waals surface area contributed by atoms with Crippen LogP contribution in [0.25, 0.3) is 22.5 Å². The molecule has 3 aromatic rings. The van der Waals surface area contributed by atoms with E-state index in [0.717, 1.165) is 17.7 Å². The number of benzene rings is 2. The predicted molar refractivity (Wildman–Crippen MR) is 113 cm³/mol. The molecular weight excluding hydrogens is 416 g/mol. The molecule has 1 aliphatic heterocycles. The van der Waals surface area contributed by atoms with Gasteiger partial charge in [-0.3, -0.25) is 9.59 Å². The van der Waals surface area contributed by atoms with Crippen LogP contribution in [0.2, 0.25) is 0 Å². The van der Waals surface area contributed by atoms with Gasteiger partial charge in [0.05, 0.1) is 30.2 Å². The molecule has 6 nitrogen and oxygen atoms in total. The lowest BCUT2D eigenvalue weighted by molar-refractivity contribution is 0.0303. The Morgan fingerprint density at radius 2 is 1.75 bits per heavy atom. The molecule has 2 N–H and O–H groups in total. The van der Waals surface area contributed by atoms with E-state index in [-0.39, 0.29) is 22.7 Å². The maximum atomic E-state index is 14.4. The third-order valence-corrected chi connectivity index (χ3v) is 5.88. The smallest absolute Gasteiger partial charge is 0.254 e. The van der Waals surface area contributed by atoms with E-state index in [4.69, 9.17) is 10.5 Å². The fourth-order valence-corrected chi connectivity index (χ4v) is 4.31. The molecule has 32 heavy (non-hydrogen) atoms. The number of ether oxygens (including phenoxy) is 1. The molecule has 0 bridgehead atoms. The number of hydrogen-bond donors (Lipinski definition) is 1. The molecule has 2 aromatic carbocycles. The van der Waals surface area contributed by atoms with Gasteiger partial charge in [-0.25, -0.2) is 13.8 Å². The van der Waals surface area contributed by atoms with E-state index in [1.165, 1.54) is 12.1 Å². The first kappa shape index (κ1) is 20.3. The van der Waals surface area contributed by atoms with Crippen LogP contribution >= 0.6 is 0 Å². The van der Waals surface area contributed by atoms with E-state index >= 15 is 0 Å². The van der Waals surface area contributed by atoms with Crippen LogP contribution in [0.4, 0.5) is 8.78 Å². The highest BCUT2D eigenvalue weighted by Gasteiger charge is 2.29. The number of nitrogens with two attached hydrogens (primary N) is 1. The second-order valence-electron chi connectivity index (χ2n) is 7.80. The number of carbonyl (C=O) groups excluding carboxylic acids is 2. The molecule has 0 saturated carbocycles. The van der Waals surface area contributed by atoms with Crippen LogP contribution in [0.5, 0.6) is 0 Å². The summed E-state index contributed by atoms with van der Waals surface area (Å²) in [4.78, 5) is 31.3. The van der Waals surface area contributed by atoms with Crippen LogP contribution in [0.1, 0.15) is 31.8 Å². The fourth-order valence-electron chi connectivity index (χ4n) is 4.31. The number of hydrogen-bond acceptors (Lipinski definition) is 4. The normalized spacial score (nSPS) is 14.8. The summed E-state index contributed by atoms with van der Waals surface area (Å²) in [6.07, 6.45) is 0.347. The molecule has 2 heterocycles. The summed E-state index contributed by atoms with van der Waals surface area (Å²) in [5.74, 6) is -2.36. The molecule has 162 valence electrons. The lowest BCUT2D eigenvalue weighted by Crippen LogP contribution is -2.40. The molecule has 1 saturated heterocycles. The fraction of sp³-hybridized carbons (Fsp3) is 0.208. The Morgan fingerprint density at radius 3 is 2.44 bits per heavy atom. The average Bonchev–Trinajstić information content (AvgIpc) is 3.16. The highest BCUT2D eigenvalue weighted by Crippen LogP contribution is 2.40. The molecule has 2 amide bonds. The summed E-state index contributed by atoms with van der Waals surface area (Å²) >= 11 is 0. The number of rotatable bonds is 3. The Labute approximate surface area is 182 Å². The highest BCUT2D eigenvalue weighted by atomic mass is 19.1. The molecule has 0 atom stereocenters. The number of amides is 2. The van der Waals surface area contributed by atoms with Gasteiger partial charge in [-0.05, 0) is 41.5 Å². The Balaban J connectivity index is 1.60. The first-order chi connectivity index (χ1) is 15.4. The number of primary amides is 1. The Morgan fingerprint density at radius 1 is 1.03 bits per heavy atom. The number of nitrogens with zero attached hydrogens (tertiary/aromatic N) is 2. The quantitative estimate of drug-likeness (QED) is 0.536. The van der Waals surface area contributed by atoms with E-state index < -0.39 is 17.5 Å². The van der Waals surface area contributed by atoms with E-state index in [1.54, 1.807) is 23.1 Å². The first-order valence-corrected chi connectivity index (χ1v) is 10.2. The van der Waals surface area contributed by atoms with Crippen molar-refractivity contribution in [3.05, 3.63) is 76.4 Å². The maximum Gasteiger partial charge on any atom is 0.254 e. The molecular formula is C24H19F2N3O3. The van der Waals surface area contributed by atoms with Crippen molar-refractivity contribution in [3.8, 4) is 22.5 Å². The predicted octanol–water partition coefficient (Wildman–Crippen LogP) is 3.17. The molecule has 8 heteroatoms. The molecule has 1 aromatic heterocycles. The second-order valence-corrected chi connectivity index (χ2v) is 7.80. The summed E-state index contributed by atoms with van der Waals surface area (Å²) < 4.78 is 34.1. The van der Waals surface area contributed by atoms with Crippen LogP contribution in [0.3, 0.4) is 0 Å². The van der Waals surface area contributed by atoms with Gasteiger partial charge in [0, 0.05) is 36.2 Å². The number of aromatic nitrogens is 1. The van der Waals surface area contributed by atoms with Crippen molar-refractivity contribution in [1.29, 1.82) is 0 Å². The molecule has 0 radical (unpaired) electrons. The number of carbonyl (C=O) groups is 2. The Kier molecular flexibility index (Phi) is 4.94. The Bertz CT molecular complexity index is 1250. The summed E-state index contributed by atoms with van der Waals surface area (Å²) in [5, 5.41) is 0. The molecule has 2 aliphatic rings. The SMILES string of the molecule is NC(=O)c1cc(-c2c(F)cccc2F)nc2c1Cc1cc(C(=O)N3CCOCC3)ccc1-2. The van der Waals surface area contributed by atoms with Crippen molar-refractivity contribution in [2.24, 2.45) is 5.73 Å². The summed E-state index contributed by atoms with van der Waals surface area (Å²) in [7, 11) is 0. The maximum absolute atomic E-state index is 14.4. The number of fused-ring (bicyclic) bond motifs is 3. The summed E-state index contributed by atoms with van der Waals surface area (Å²) in [6.45, 7) is 2.06. The van der Waals surface area contributed by atoms with Crippen LogP contribution in [-0.4, -0.2) is 48.0 Å². The number of halogens is 2. The summed E-state index contributed by atoms with van der Waals surface area (Å²) in [5.41, 5.74) is 8.50. The standard InChI is InChI=1S/C24H19F2N3O3/c25-18-2-1-3-19(26)21(18)20-12-17(23(27)30)16-11-14-10-13(4-5-15(14)22(16)28-20)24(31)29-6-8-32-9-7-29/h1-5,10,12H,6-9,11H2,(H2,27,30). The van der Waals surface area contributed by atoms with Gasteiger partial charge in [0.1, 0.15) is 11.6 Å². The van der Waals surface area contributed by atoms with Crippen LogP contribution < -0.4 is 5.73 Å². The van der Waals surface area contributed by atoms with Gasteiger partial charge in [0.2, 0.25) is 5.91 Å². The number of morpholine rings is 1. The van der Waals surface area contributed by atoms with Crippen molar-refractivity contribution in [3.63, 3.8) is 0 Å². The summed E-state index contributed by atoms with van der Waals surface area (Å²) in [6, 6.07) is 10.1. The molecule has 0 unspecified atom stereocenters. The van der Waals surface area contributed by atoms with Gasteiger partial charge in [-0.1, -0.05) is 12.1 Å². The Hall–Kier alpha value is -3.65. The first-order valence-electron chi connectivity index (χ1n) is 10.2. The van der Waals surface area contributed by atoms with Crippen molar-refractivity contribution in [1.82, 2.24) is 9.88 Å². The second kappa shape index (κ2) is 7.80. The third-order valence-electron chi connectivity index (χ3n) is 5.88.